The highest BCUT2D eigenvalue weighted by molar-refractivity contribution is 5.80. The lowest BCUT2D eigenvalue weighted by molar-refractivity contribution is 0.150. The first-order valence-electron chi connectivity index (χ1n) is 7.37. The lowest BCUT2D eigenvalue weighted by Crippen LogP contribution is -2.34. The molecule has 1 atom stereocenters. The van der Waals surface area contributed by atoms with E-state index in [1.807, 2.05) is 24.3 Å². The van der Waals surface area contributed by atoms with Crippen molar-refractivity contribution in [1.29, 1.82) is 5.26 Å². The van der Waals surface area contributed by atoms with Crippen LogP contribution in [0.3, 0.4) is 0 Å². The van der Waals surface area contributed by atoms with E-state index in [0.717, 1.165) is 29.8 Å². The minimum atomic E-state index is 0.438. The normalized spacial score (nSPS) is 19.3. The number of rotatable bonds is 3. The molecule has 21 heavy (non-hydrogen) atoms. The number of likely N-dealkylation sites (tertiary alicyclic amines) is 1. The Hall–Kier alpha value is -2.12. The van der Waals surface area contributed by atoms with Gasteiger partial charge in [0.05, 0.1) is 12.1 Å². The minimum absolute atomic E-state index is 0.438. The van der Waals surface area contributed by atoms with Crippen molar-refractivity contribution < 1.29 is 4.74 Å². The molecule has 108 valence electrons. The maximum absolute atomic E-state index is 8.92. The lowest BCUT2D eigenvalue weighted by atomic mass is 10.00. The van der Waals surface area contributed by atoms with Gasteiger partial charge in [-0.25, -0.2) is 4.98 Å². The van der Waals surface area contributed by atoms with Gasteiger partial charge in [-0.15, -0.1) is 0 Å². The zero-order chi connectivity index (χ0) is 14.7. The summed E-state index contributed by atoms with van der Waals surface area (Å²) in [5, 5.41) is 9.94. The first kappa shape index (κ1) is 13.8. The van der Waals surface area contributed by atoms with Gasteiger partial charge in [-0.05, 0) is 50.7 Å². The van der Waals surface area contributed by atoms with Crippen molar-refractivity contribution in [2.75, 3.05) is 26.7 Å². The third-order valence-electron chi connectivity index (χ3n) is 3.99. The molecule has 4 nitrogen and oxygen atoms in total. The Morgan fingerprint density at radius 1 is 1.38 bits per heavy atom. The second-order valence-electron chi connectivity index (χ2n) is 5.74. The molecule has 4 heteroatoms. The van der Waals surface area contributed by atoms with Crippen molar-refractivity contribution in [1.82, 2.24) is 9.88 Å². The predicted octanol–water partition coefficient (Wildman–Crippen LogP) is 2.83. The van der Waals surface area contributed by atoms with Crippen molar-refractivity contribution in [2.45, 2.75) is 12.8 Å². The van der Waals surface area contributed by atoms with E-state index in [1.54, 1.807) is 6.07 Å². The fourth-order valence-electron chi connectivity index (χ4n) is 2.87. The van der Waals surface area contributed by atoms with E-state index in [-0.39, 0.29) is 0 Å². The molecule has 1 fully saturated rings. The molecule has 2 aromatic rings. The zero-order valence-electron chi connectivity index (χ0n) is 12.2. The first-order chi connectivity index (χ1) is 10.2. The van der Waals surface area contributed by atoms with Crippen molar-refractivity contribution in [3.05, 3.63) is 36.0 Å². The van der Waals surface area contributed by atoms with Crippen molar-refractivity contribution in [3.8, 4) is 11.8 Å². The number of hydrogen-bond donors (Lipinski definition) is 0. The van der Waals surface area contributed by atoms with Crippen LogP contribution < -0.4 is 4.74 Å². The number of ether oxygens (including phenoxy) is 1. The summed E-state index contributed by atoms with van der Waals surface area (Å²) in [7, 11) is 2.16. The highest BCUT2D eigenvalue weighted by Crippen LogP contribution is 2.22. The Bertz CT molecular complexity index is 677. The molecule has 0 aliphatic carbocycles. The van der Waals surface area contributed by atoms with Crippen LogP contribution in [0.2, 0.25) is 0 Å². The van der Waals surface area contributed by atoms with Gasteiger partial charge < -0.3 is 9.64 Å². The second-order valence-corrected chi connectivity index (χ2v) is 5.74. The van der Waals surface area contributed by atoms with Crippen LogP contribution in [0.4, 0.5) is 0 Å². The van der Waals surface area contributed by atoms with Gasteiger partial charge in [0.15, 0.2) is 0 Å². The Balaban J connectivity index is 1.70. The van der Waals surface area contributed by atoms with Gasteiger partial charge in [-0.2, -0.15) is 5.26 Å². The van der Waals surface area contributed by atoms with Crippen LogP contribution in [0, 0.1) is 17.2 Å². The van der Waals surface area contributed by atoms with Gasteiger partial charge in [0, 0.05) is 23.9 Å². The number of nitriles is 1. The molecule has 1 aliphatic heterocycles. The van der Waals surface area contributed by atoms with E-state index in [9.17, 15) is 0 Å². The van der Waals surface area contributed by atoms with Crippen LogP contribution in [-0.2, 0) is 0 Å². The Morgan fingerprint density at radius 3 is 3.05 bits per heavy atom. The standard InChI is InChI=1S/C17H19N3O/c1-20-8-2-3-13(11-20)12-21-16-7-5-14-4-6-15(10-18)19-17(14)9-16/h4-7,9,13H,2-3,8,11-12H2,1H3. The molecule has 1 saturated heterocycles. The topological polar surface area (TPSA) is 49.1 Å². The summed E-state index contributed by atoms with van der Waals surface area (Å²) >= 11 is 0. The van der Waals surface area contributed by atoms with Crippen LogP contribution in [0.25, 0.3) is 10.9 Å². The Morgan fingerprint density at radius 2 is 2.24 bits per heavy atom. The van der Waals surface area contributed by atoms with Crippen LogP contribution >= 0.6 is 0 Å². The molecule has 1 aliphatic rings. The summed E-state index contributed by atoms with van der Waals surface area (Å²) in [6.07, 6.45) is 2.48. The molecule has 1 aromatic heterocycles. The van der Waals surface area contributed by atoms with E-state index >= 15 is 0 Å². The third-order valence-corrected chi connectivity index (χ3v) is 3.99. The average molecular weight is 281 g/mol. The monoisotopic (exact) mass is 281 g/mol. The molecular weight excluding hydrogens is 262 g/mol. The van der Waals surface area contributed by atoms with Crippen LogP contribution in [0.5, 0.6) is 5.75 Å². The van der Waals surface area contributed by atoms with Crippen LogP contribution in [-0.4, -0.2) is 36.6 Å². The molecule has 3 rings (SSSR count). The van der Waals surface area contributed by atoms with E-state index in [4.69, 9.17) is 10.00 Å². The fraction of sp³-hybridized carbons (Fsp3) is 0.412. The predicted molar refractivity (Wildman–Crippen MR) is 82.2 cm³/mol. The average Bonchev–Trinajstić information content (AvgIpc) is 2.52. The maximum atomic E-state index is 8.92. The molecule has 0 N–H and O–H groups in total. The van der Waals surface area contributed by atoms with Crippen LogP contribution in [0.15, 0.2) is 30.3 Å². The van der Waals surface area contributed by atoms with Gasteiger partial charge in [-0.3, -0.25) is 0 Å². The molecule has 1 aromatic carbocycles. The van der Waals surface area contributed by atoms with Crippen molar-refractivity contribution in [3.63, 3.8) is 0 Å². The van der Waals surface area contributed by atoms with Gasteiger partial charge in [-0.1, -0.05) is 0 Å². The van der Waals surface area contributed by atoms with E-state index in [2.05, 4.69) is 23.0 Å². The molecule has 0 amide bonds. The number of hydrogen-bond acceptors (Lipinski definition) is 4. The zero-order valence-corrected chi connectivity index (χ0v) is 12.2. The van der Waals surface area contributed by atoms with E-state index in [0.29, 0.717) is 11.6 Å². The van der Waals surface area contributed by atoms with Gasteiger partial charge >= 0.3 is 0 Å². The maximum Gasteiger partial charge on any atom is 0.141 e. The quantitative estimate of drug-likeness (QED) is 0.868. The van der Waals surface area contributed by atoms with Gasteiger partial charge in [0.2, 0.25) is 0 Å². The summed E-state index contributed by atoms with van der Waals surface area (Å²) < 4.78 is 5.93. The summed E-state index contributed by atoms with van der Waals surface area (Å²) in [6, 6.07) is 11.6. The van der Waals surface area contributed by atoms with E-state index in [1.165, 1.54) is 19.4 Å². The summed E-state index contributed by atoms with van der Waals surface area (Å²) in [6.45, 7) is 3.03. The number of piperidine rings is 1. The minimum Gasteiger partial charge on any atom is -0.493 e. The summed E-state index contributed by atoms with van der Waals surface area (Å²) in [5.41, 5.74) is 1.25. The molecule has 0 bridgehead atoms. The molecule has 0 spiro atoms. The summed E-state index contributed by atoms with van der Waals surface area (Å²) in [4.78, 5) is 6.67. The number of benzene rings is 1. The number of fused-ring (bicyclic) bond motifs is 1. The lowest BCUT2D eigenvalue weighted by Gasteiger charge is -2.29. The summed E-state index contributed by atoms with van der Waals surface area (Å²) in [5.74, 6) is 1.43. The van der Waals surface area contributed by atoms with Crippen molar-refractivity contribution in [2.24, 2.45) is 5.92 Å². The fourth-order valence-corrected chi connectivity index (χ4v) is 2.87. The first-order valence-corrected chi connectivity index (χ1v) is 7.37. The van der Waals surface area contributed by atoms with Gasteiger partial charge in [0.1, 0.15) is 17.5 Å². The molecular formula is C17H19N3O. The SMILES string of the molecule is CN1CCCC(COc2ccc3ccc(C#N)nc3c2)C1. The smallest absolute Gasteiger partial charge is 0.141 e. The Labute approximate surface area is 125 Å². The molecule has 0 radical (unpaired) electrons. The largest absolute Gasteiger partial charge is 0.493 e. The number of aromatic nitrogens is 1. The molecule has 2 heterocycles. The highest BCUT2D eigenvalue weighted by Gasteiger charge is 2.17. The second kappa shape index (κ2) is 6.11. The highest BCUT2D eigenvalue weighted by atomic mass is 16.5. The number of pyridine rings is 1. The number of nitrogens with zero attached hydrogens (tertiary/aromatic N) is 3. The molecule has 1 unspecified atom stereocenters. The Kier molecular flexibility index (Phi) is 4.03. The molecule has 0 saturated carbocycles. The van der Waals surface area contributed by atoms with Gasteiger partial charge in [0.25, 0.3) is 0 Å². The van der Waals surface area contributed by atoms with Crippen molar-refractivity contribution >= 4 is 10.9 Å². The van der Waals surface area contributed by atoms with E-state index < -0.39 is 0 Å². The van der Waals surface area contributed by atoms with Crippen LogP contribution in [0.1, 0.15) is 18.5 Å². The third kappa shape index (κ3) is 3.32.